The van der Waals surface area contributed by atoms with Crippen LogP contribution in [0.5, 0.6) is 0 Å². The van der Waals surface area contributed by atoms with Crippen LogP contribution in [0.1, 0.15) is 26.7 Å². The van der Waals surface area contributed by atoms with Gasteiger partial charge in [0.1, 0.15) is 0 Å². The quantitative estimate of drug-likeness (QED) is 0.780. The summed E-state index contributed by atoms with van der Waals surface area (Å²) in [6.45, 7) is 3.82. The summed E-state index contributed by atoms with van der Waals surface area (Å²) < 4.78 is 0. The zero-order valence-electron chi connectivity index (χ0n) is 8.85. The van der Waals surface area contributed by atoms with Gasteiger partial charge in [-0.25, -0.2) is 0 Å². The van der Waals surface area contributed by atoms with E-state index in [0.29, 0.717) is 12.8 Å². The van der Waals surface area contributed by atoms with Crippen LogP contribution in [0.25, 0.3) is 0 Å². The van der Waals surface area contributed by atoms with Crippen molar-refractivity contribution in [3.63, 3.8) is 0 Å². The molecule has 2 N–H and O–H groups in total. The number of hydrogen-bond acceptors (Lipinski definition) is 3. The molecule has 0 aliphatic heterocycles. The van der Waals surface area contributed by atoms with Gasteiger partial charge in [0.15, 0.2) is 0 Å². The maximum Gasteiger partial charge on any atom is 0.229 e. The Morgan fingerprint density at radius 3 is 2.13 bits per heavy atom. The highest BCUT2D eigenvalue weighted by molar-refractivity contribution is 6.65. The van der Waals surface area contributed by atoms with Gasteiger partial charge in [0.25, 0.3) is 0 Å². The van der Waals surface area contributed by atoms with Crippen LogP contribution in [0.2, 0.25) is 0 Å². The summed E-state index contributed by atoms with van der Waals surface area (Å²) >= 11 is 11.1. The lowest BCUT2D eigenvalue weighted by Crippen LogP contribution is -2.47. The van der Waals surface area contributed by atoms with Gasteiger partial charge < -0.3 is 5.73 Å². The van der Waals surface area contributed by atoms with E-state index in [4.69, 9.17) is 28.9 Å². The lowest BCUT2D eigenvalue weighted by Gasteiger charge is -2.39. The molecular formula is C10H15Cl2NO2. The number of nitrogens with two attached hydrogens (primary N) is 1. The van der Waals surface area contributed by atoms with Gasteiger partial charge in [0.05, 0.1) is 5.41 Å². The maximum absolute atomic E-state index is 11.5. The van der Waals surface area contributed by atoms with Gasteiger partial charge in [-0.3, -0.25) is 9.59 Å². The normalized spacial score (nSPS) is 34.1. The molecule has 1 saturated carbocycles. The van der Waals surface area contributed by atoms with Crippen molar-refractivity contribution in [2.45, 2.75) is 26.7 Å². The Morgan fingerprint density at radius 1 is 1.40 bits per heavy atom. The van der Waals surface area contributed by atoms with Gasteiger partial charge in [-0.15, -0.1) is 0 Å². The summed E-state index contributed by atoms with van der Waals surface area (Å²) in [6.07, 6.45) is 1.10. The fourth-order valence-corrected chi connectivity index (χ4v) is 3.40. The van der Waals surface area contributed by atoms with Crippen LogP contribution in [0.4, 0.5) is 0 Å². The lowest BCUT2D eigenvalue weighted by molar-refractivity contribution is -0.128. The van der Waals surface area contributed by atoms with Crippen molar-refractivity contribution >= 4 is 33.7 Å². The van der Waals surface area contributed by atoms with Crippen molar-refractivity contribution in [1.82, 2.24) is 0 Å². The molecule has 1 fully saturated rings. The minimum Gasteiger partial charge on any atom is -0.329 e. The number of carbonyl (C=O) groups is 2. The molecule has 0 aromatic heterocycles. The van der Waals surface area contributed by atoms with Crippen molar-refractivity contribution in [3.05, 3.63) is 0 Å². The van der Waals surface area contributed by atoms with Crippen molar-refractivity contribution in [2.75, 3.05) is 6.54 Å². The number of carbonyl (C=O) groups excluding carboxylic acids is 2. The molecule has 0 amide bonds. The summed E-state index contributed by atoms with van der Waals surface area (Å²) in [5.74, 6) is -0.342. The molecule has 0 radical (unpaired) electrons. The third-order valence-electron chi connectivity index (χ3n) is 3.96. The molecule has 0 saturated heterocycles. The molecule has 0 spiro atoms. The van der Waals surface area contributed by atoms with E-state index in [1.54, 1.807) is 0 Å². The molecule has 0 heterocycles. The maximum atomic E-state index is 11.5. The monoisotopic (exact) mass is 251 g/mol. The molecule has 86 valence electrons. The fraction of sp³-hybridized carbons (Fsp3) is 0.800. The summed E-state index contributed by atoms with van der Waals surface area (Å²) in [6, 6.07) is 0. The molecule has 0 aromatic rings. The fourth-order valence-electron chi connectivity index (χ4n) is 2.60. The number of rotatable bonds is 3. The molecule has 1 rings (SSSR count). The van der Waals surface area contributed by atoms with E-state index in [0.717, 1.165) is 0 Å². The minimum atomic E-state index is -0.816. The van der Waals surface area contributed by atoms with E-state index in [1.807, 2.05) is 13.8 Å². The number of hydrogen-bond donors (Lipinski definition) is 1. The van der Waals surface area contributed by atoms with Crippen molar-refractivity contribution in [2.24, 2.45) is 22.5 Å². The highest BCUT2D eigenvalue weighted by atomic mass is 35.5. The average Bonchev–Trinajstić information content (AvgIpc) is 2.37. The zero-order chi connectivity index (χ0) is 11.9. The molecule has 15 heavy (non-hydrogen) atoms. The lowest BCUT2D eigenvalue weighted by atomic mass is 9.65. The molecular weight excluding hydrogens is 237 g/mol. The zero-order valence-corrected chi connectivity index (χ0v) is 10.4. The second kappa shape index (κ2) is 4.04. The Balaban J connectivity index is 3.15. The van der Waals surface area contributed by atoms with E-state index in [-0.39, 0.29) is 12.5 Å². The van der Waals surface area contributed by atoms with Crippen LogP contribution < -0.4 is 5.73 Å². The molecule has 1 aliphatic carbocycles. The molecule has 2 atom stereocenters. The van der Waals surface area contributed by atoms with E-state index in [9.17, 15) is 9.59 Å². The van der Waals surface area contributed by atoms with E-state index in [2.05, 4.69) is 0 Å². The third kappa shape index (κ3) is 1.71. The molecule has 0 aromatic carbocycles. The first-order valence-electron chi connectivity index (χ1n) is 4.89. The molecule has 0 bridgehead atoms. The van der Waals surface area contributed by atoms with Crippen LogP contribution >= 0.6 is 23.2 Å². The first-order chi connectivity index (χ1) is 6.79. The van der Waals surface area contributed by atoms with E-state index < -0.39 is 21.3 Å². The van der Waals surface area contributed by atoms with Gasteiger partial charge in [0.2, 0.25) is 10.5 Å². The minimum absolute atomic E-state index is 0.156. The first-order valence-corrected chi connectivity index (χ1v) is 5.64. The Labute approximate surface area is 99.3 Å². The largest absolute Gasteiger partial charge is 0.329 e. The second-order valence-electron chi connectivity index (χ2n) is 4.68. The highest BCUT2D eigenvalue weighted by Gasteiger charge is 2.59. The Bertz CT molecular complexity index is 304. The van der Waals surface area contributed by atoms with Crippen molar-refractivity contribution in [1.29, 1.82) is 0 Å². The Kier molecular flexibility index (Phi) is 3.49. The predicted octanol–water partition coefficient (Wildman–Crippen LogP) is 1.90. The van der Waals surface area contributed by atoms with E-state index >= 15 is 0 Å². The Morgan fingerprint density at radius 2 is 1.93 bits per heavy atom. The summed E-state index contributed by atoms with van der Waals surface area (Å²) in [4.78, 5) is 22.8. The SMILES string of the molecule is CC1(C)C(C(=O)Cl)CCC1(CN)C(=O)Cl. The topological polar surface area (TPSA) is 60.2 Å². The third-order valence-corrected chi connectivity index (χ3v) is 4.59. The highest BCUT2D eigenvalue weighted by Crippen LogP contribution is 2.57. The first kappa shape index (κ1) is 12.9. The summed E-state index contributed by atoms with van der Waals surface area (Å²) in [5.41, 5.74) is 4.26. The standard InChI is InChI=1S/C10H15Cl2NO2/c1-9(2)6(7(11)14)3-4-10(9,5-13)8(12)15/h6H,3-5,13H2,1-2H3. The van der Waals surface area contributed by atoms with Crippen LogP contribution in [0.3, 0.4) is 0 Å². The van der Waals surface area contributed by atoms with Gasteiger partial charge in [0, 0.05) is 12.5 Å². The second-order valence-corrected chi connectivity index (χ2v) is 5.39. The van der Waals surface area contributed by atoms with Gasteiger partial charge >= 0.3 is 0 Å². The smallest absolute Gasteiger partial charge is 0.229 e. The molecule has 1 aliphatic rings. The molecule has 2 unspecified atom stereocenters. The Hall–Kier alpha value is -0.120. The molecule has 5 heteroatoms. The summed E-state index contributed by atoms with van der Waals surface area (Å²) in [5, 5.41) is -0.872. The van der Waals surface area contributed by atoms with Gasteiger partial charge in [-0.2, -0.15) is 0 Å². The van der Waals surface area contributed by atoms with Crippen molar-refractivity contribution < 1.29 is 9.59 Å². The summed E-state index contributed by atoms with van der Waals surface area (Å²) in [7, 11) is 0. The van der Waals surface area contributed by atoms with Crippen molar-refractivity contribution in [3.8, 4) is 0 Å². The average molecular weight is 252 g/mol. The predicted molar refractivity (Wildman–Crippen MR) is 59.7 cm³/mol. The van der Waals surface area contributed by atoms with E-state index in [1.165, 1.54) is 0 Å². The van der Waals surface area contributed by atoms with Crippen LogP contribution in [0.15, 0.2) is 0 Å². The molecule has 3 nitrogen and oxygen atoms in total. The van der Waals surface area contributed by atoms with Crippen LogP contribution in [-0.2, 0) is 9.59 Å². The van der Waals surface area contributed by atoms with Crippen LogP contribution in [0, 0.1) is 16.7 Å². The van der Waals surface area contributed by atoms with Gasteiger partial charge in [-0.05, 0) is 41.5 Å². The van der Waals surface area contributed by atoms with Gasteiger partial charge in [-0.1, -0.05) is 13.8 Å². The van der Waals surface area contributed by atoms with Crippen LogP contribution in [-0.4, -0.2) is 17.0 Å². The number of halogens is 2.